The zero-order chi connectivity index (χ0) is 31.2. The van der Waals surface area contributed by atoms with E-state index in [0.717, 1.165) is 61.9 Å². The lowest BCUT2D eigenvalue weighted by Crippen LogP contribution is -2.19. The summed E-state index contributed by atoms with van der Waals surface area (Å²) in [6.07, 6.45) is 2.07. The molecule has 222 valence electrons. The van der Waals surface area contributed by atoms with Crippen molar-refractivity contribution in [2.24, 2.45) is 0 Å². The highest BCUT2D eigenvalue weighted by atomic mass is 15.2. The number of benzene rings is 5. The van der Waals surface area contributed by atoms with Crippen molar-refractivity contribution in [1.82, 2.24) is 19.4 Å². The maximum absolute atomic E-state index is 5.06. The number of fused-ring (bicyclic) bond motifs is 5. The van der Waals surface area contributed by atoms with E-state index in [0.29, 0.717) is 5.82 Å². The molecule has 4 heterocycles. The molecule has 0 bridgehead atoms. The molecule has 1 aliphatic heterocycles. The van der Waals surface area contributed by atoms with Gasteiger partial charge < -0.3 is 5.32 Å². The molecule has 0 saturated carbocycles. The number of aromatic nitrogens is 4. The van der Waals surface area contributed by atoms with E-state index in [-0.39, 0.29) is 6.04 Å². The van der Waals surface area contributed by atoms with Crippen LogP contribution in [0.25, 0.3) is 61.9 Å². The average molecular weight is 604 g/mol. The molecule has 0 saturated heterocycles. The first kappa shape index (κ1) is 27.0. The van der Waals surface area contributed by atoms with E-state index in [2.05, 4.69) is 119 Å². The first-order chi connectivity index (χ1) is 23.3. The van der Waals surface area contributed by atoms with E-state index < -0.39 is 0 Å². The fourth-order valence-corrected chi connectivity index (χ4v) is 6.59. The fraction of sp³-hybridized carbons (Fsp3) is 0.0238. The van der Waals surface area contributed by atoms with Crippen molar-refractivity contribution in [3.63, 3.8) is 0 Å². The van der Waals surface area contributed by atoms with E-state index in [1.165, 1.54) is 11.1 Å². The fourth-order valence-electron chi connectivity index (χ4n) is 6.59. The number of hydrogen-bond donors (Lipinski definition) is 1. The van der Waals surface area contributed by atoms with Crippen molar-refractivity contribution in [3.8, 4) is 56.3 Å². The first-order valence-electron chi connectivity index (χ1n) is 15.8. The Labute approximate surface area is 272 Å². The van der Waals surface area contributed by atoms with Crippen LogP contribution in [0.4, 0.5) is 5.82 Å². The number of nitrogens with one attached hydrogen (secondary N) is 1. The number of anilines is 1. The molecule has 5 heteroatoms. The number of imidazole rings is 1. The molecule has 8 aromatic rings. The third-order valence-corrected chi connectivity index (χ3v) is 8.88. The minimum atomic E-state index is -0.0266. The number of rotatable bonds is 5. The molecular formula is C42H29N5. The third kappa shape index (κ3) is 4.86. The highest BCUT2D eigenvalue weighted by Gasteiger charge is 2.29. The molecule has 5 nitrogen and oxygen atoms in total. The van der Waals surface area contributed by atoms with Gasteiger partial charge in [0.25, 0.3) is 0 Å². The number of hydrogen-bond acceptors (Lipinski definition) is 4. The molecule has 0 spiro atoms. The summed E-state index contributed by atoms with van der Waals surface area (Å²) < 4.78 is 2.14. The van der Waals surface area contributed by atoms with Crippen molar-refractivity contribution >= 4 is 11.5 Å². The van der Waals surface area contributed by atoms with E-state index in [4.69, 9.17) is 15.0 Å². The molecule has 1 aliphatic rings. The van der Waals surface area contributed by atoms with Gasteiger partial charge >= 0.3 is 0 Å². The monoisotopic (exact) mass is 603 g/mol. The summed E-state index contributed by atoms with van der Waals surface area (Å²) >= 11 is 0. The van der Waals surface area contributed by atoms with Gasteiger partial charge in [-0.2, -0.15) is 0 Å². The topological polar surface area (TPSA) is 55.1 Å². The SMILES string of the molecule is c1ccc(-c2cc(-c3ccccc3)nc(-c3cccc(-c4cccc(C5Nc6c(nc7ccccn67)-c6ccccc65)c4)c3)n2)cc1. The second-order valence-corrected chi connectivity index (χ2v) is 11.8. The van der Waals surface area contributed by atoms with Crippen LogP contribution in [-0.2, 0) is 0 Å². The Kier molecular flexibility index (Phi) is 6.46. The lowest BCUT2D eigenvalue weighted by Gasteiger charge is -2.28. The van der Waals surface area contributed by atoms with E-state index in [9.17, 15) is 0 Å². The Balaban J connectivity index is 1.12. The van der Waals surface area contributed by atoms with Crippen LogP contribution in [0, 0.1) is 0 Å². The summed E-state index contributed by atoms with van der Waals surface area (Å²) in [7, 11) is 0. The van der Waals surface area contributed by atoms with Gasteiger partial charge in [0, 0.05) is 28.5 Å². The normalized spacial score (nSPS) is 13.5. The van der Waals surface area contributed by atoms with Crippen LogP contribution in [0.5, 0.6) is 0 Å². The van der Waals surface area contributed by atoms with E-state index >= 15 is 0 Å². The second kappa shape index (κ2) is 11.2. The standard InChI is InChI=1S/C42H29N5/c1-3-13-28(14-4-1)36-27-37(29-15-5-2-6-16-29)44-41(43-36)33-20-12-18-31(26-33)30-17-11-19-32(25-30)39-34-21-7-8-22-35(34)40-42(46-39)47-24-10-9-23-38(47)45-40/h1-27,39,46H. The van der Waals surface area contributed by atoms with Crippen LogP contribution >= 0.6 is 0 Å². The van der Waals surface area contributed by atoms with Crippen LogP contribution in [-0.4, -0.2) is 19.4 Å². The summed E-state index contributed by atoms with van der Waals surface area (Å²) in [5, 5.41) is 3.83. The number of nitrogens with zero attached hydrogens (tertiary/aromatic N) is 4. The average Bonchev–Trinajstić information content (AvgIpc) is 3.54. The minimum absolute atomic E-state index is 0.0266. The van der Waals surface area contributed by atoms with Crippen LogP contribution in [0.15, 0.2) is 164 Å². The predicted octanol–water partition coefficient (Wildman–Crippen LogP) is 9.97. The summed E-state index contributed by atoms with van der Waals surface area (Å²) in [6, 6.07) is 54.7. The quantitative estimate of drug-likeness (QED) is 0.213. The maximum atomic E-state index is 5.06. The summed E-state index contributed by atoms with van der Waals surface area (Å²) in [4.78, 5) is 15.1. The van der Waals surface area contributed by atoms with Crippen LogP contribution in [0.2, 0.25) is 0 Å². The lowest BCUT2D eigenvalue weighted by molar-refractivity contribution is 0.910. The Morgan fingerprint density at radius 1 is 0.489 bits per heavy atom. The Bertz CT molecular complexity index is 2340. The molecule has 1 N–H and O–H groups in total. The molecular weight excluding hydrogens is 574 g/mol. The van der Waals surface area contributed by atoms with Crippen molar-refractivity contribution in [1.29, 1.82) is 0 Å². The largest absolute Gasteiger partial charge is 0.358 e. The second-order valence-electron chi connectivity index (χ2n) is 11.8. The van der Waals surface area contributed by atoms with Crippen molar-refractivity contribution < 1.29 is 0 Å². The van der Waals surface area contributed by atoms with Crippen molar-refractivity contribution in [2.75, 3.05) is 5.32 Å². The minimum Gasteiger partial charge on any atom is -0.358 e. The zero-order valence-electron chi connectivity index (χ0n) is 25.5. The molecule has 0 amide bonds. The molecule has 47 heavy (non-hydrogen) atoms. The van der Waals surface area contributed by atoms with Gasteiger partial charge in [-0.1, -0.05) is 127 Å². The van der Waals surface area contributed by atoms with Gasteiger partial charge in [0.05, 0.1) is 17.4 Å². The van der Waals surface area contributed by atoms with Gasteiger partial charge in [-0.15, -0.1) is 0 Å². The van der Waals surface area contributed by atoms with E-state index in [1.807, 2.05) is 54.6 Å². The van der Waals surface area contributed by atoms with Crippen LogP contribution in [0.1, 0.15) is 17.2 Å². The Morgan fingerprint density at radius 2 is 1.11 bits per heavy atom. The smallest absolute Gasteiger partial charge is 0.160 e. The van der Waals surface area contributed by atoms with Gasteiger partial charge in [-0.05, 0) is 52.6 Å². The Morgan fingerprint density at radius 3 is 1.87 bits per heavy atom. The molecule has 0 fully saturated rings. The zero-order valence-corrected chi connectivity index (χ0v) is 25.5. The van der Waals surface area contributed by atoms with Crippen LogP contribution < -0.4 is 5.32 Å². The highest BCUT2D eigenvalue weighted by molar-refractivity contribution is 5.84. The molecule has 5 aromatic carbocycles. The van der Waals surface area contributed by atoms with Crippen LogP contribution in [0.3, 0.4) is 0 Å². The first-order valence-corrected chi connectivity index (χ1v) is 15.8. The summed E-state index contributed by atoms with van der Waals surface area (Å²) in [5.74, 6) is 1.72. The predicted molar refractivity (Wildman–Crippen MR) is 190 cm³/mol. The van der Waals surface area contributed by atoms with Crippen molar-refractivity contribution in [3.05, 3.63) is 175 Å². The molecule has 0 radical (unpaired) electrons. The molecule has 1 atom stereocenters. The van der Waals surface area contributed by atoms with Gasteiger partial charge in [-0.3, -0.25) is 4.40 Å². The van der Waals surface area contributed by atoms with Gasteiger partial charge in [0.15, 0.2) is 5.82 Å². The highest BCUT2D eigenvalue weighted by Crippen LogP contribution is 2.43. The van der Waals surface area contributed by atoms with E-state index in [1.54, 1.807) is 0 Å². The maximum Gasteiger partial charge on any atom is 0.160 e. The summed E-state index contributed by atoms with van der Waals surface area (Å²) in [5.41, 5.74) is 12.6. The third-order valence-electron chi connectivity index (χ3n) is 8.88. The molecule has 1 unspecified atom stereocenters. The number of pyridine rings is 1. The van der Waals surface area contributed by atoms with Crippen molar-refractivity contribution in [2.45, 2.75) is 6.04 Å². The van der Waals surface area contributed by atoms with Gasteiger partial charge in [-0.25, -0.2) is 15.0 Å². The summed E-state index contributed by atoms with van der Waals surface area (Å²) in [6.45, 7) is 0. The molecule has 3 aromatic heterocycles. The van der Waals surface area contributed by atoms with Gasteiger partial charge in [0.1, 0.15) is 17.2 Å². The Hall–Kier alpha value is -6.33. The molecule has 0 aliphatic carbocycles. The lowest BCUT2D eigenvalue weighted by atomic mass is 9.88. The molecule has 9 rings (SSSR count). The van der Waals surface area contributed by atoms with Gasteiger partial charge in [0.2, 0.25) is 0 Å².